The summed E-state index contributed by atoms with van der Waals surface area (Å²) >= 11 is 6.12. The summed E-state index contributed by atoms with van der Waals surface area (Å²) in [6.07, 6.45) is -1.22. The minimum atomic E-state index is -1.25. The number of para-hydroxylation sites is 1. The van der Waals surface area contributed by atoms with E-state index in [1.165, 1.54) is 0 Å². The van der Waals surface area contributed by atoms with Gasteiger partial charge in [-0.25, -0.2) is 0 Å². The van der Waals surface area contributed by atoms with Crippen LogP contribution in [0.4, 0.5) is 11.4 Å². The minimum absolute atomic E-state index is 0.00937. The molecule has 3 N–H and O–H groups in total. The number of ketones is 1. The maximum Gasteiger partial charge on any atom is 0.169 e. The van der Waals surface area contributed by atoms with Crippen LogP contribution in [0.15, 0.2) is 96.6 Å². The highest BCUT2D eigenvalue weighted by Crippen LogP contribution is 2.37. The molecule has 0 bridgehead atoms. The van der Waals surface area contributed by atoms with E-state index in [2.05, 4.69) is 5.32 Å². The molecule has 0 radical (unpaired) electrons. The van der Waals surface area contributed by atoms with Crippen LogP contribution in [0.2, 0.25) is 5.02 Å². The average molecular weight is 485 g/mol. The number of hydrogen-bond acceptors (Lipinski definition) is 5. The highest BCUT2D eigenvalue weighted by molar-refractivity contribution is 6.30. The lowest BCUT2D eigenvalue weighted by Gasteiger charge is -2.34. The van der Waals surface area contributed by atoms with Crippen molar-refractivity contribution in [2.24, 2.45) is 0 Å². The number of Topliss-reactive ketones (excluding diaryl/α,β-unsaturated/α-hetero) is 1. The van der Waals surface area contributed by atoms with Gasteiger partial charge in [-0.05, 0) is 41.3 Å². The topological polar surface area (TPSA) is 72.8 Å². The predicted octanol–water partition coefficient (Wildman–Crippen LogP) is 6.34. The van der Waals surface area contributed by atoms with Crippen molar-refractivity contribution in [3.63, 3.8) is 0 Å². The SMILES string of the molecule is CN1c2ccccc2C(O)=C(C(=O)CC(Nc2cccc3ccccc23)c2ccc(Cl)cc2)C1O. The third-order valence-corrected chi connectivity index (χ3v) is 6.75. The summed E-state index contributed by atoms with van der Waals surface area (Å²) in [6.45, 7) is 0. The van der Waals surface area contributed by atoms with Gasteiger partial charge in [0.1, 0.15) is 5.76 Å². The van der Waals surface area contributed by atoms with Crippen LogP contribution in [-0.4, -0.2) is 29.3 Å². The van der Waals surface area contributed by atoms with Gasteiger partial charge in [-0.2, -0.15) is 0 Å². The van der Waals surface area contributed by atoms with Gasteiger partial charge in [0.25, 0.3) is 0 Å². The molecular formula is C29H25ClN2O3. The largest absolute Gasteiger partial charge is 0.507 e. The molecule has 1 aliphatic heterocycles. The molecule has 0 fully saturated rings. The summed E-state index contributed by atoms with van der Waals surface area (Å²) in [6, 6.07) is 28.1. The Hall–Kier alpha value is -3.80. The first kappa shape index (κ1) is 23.0. The first-order valence-electron chi connectivity index (χ1n) is 11.4. The number of nitrogens with one attached hydrogen (secondary N) is 1. The molecule has 1 aliphatic rings. The van der Waals surface area contributed by atoms with Crippen molar-refractivity contribution >= 4 is 45.3 Å². The van der Waals surface area contributed by atoms with Gasteiger partial charge in [0, 0.05) is 40.8 Å². The van der Waals surface area contributed by atoms with Crippen LogP contribution >= 0.6 is 11.6 Å². The number of nitrogens with zero attached hydrogens (tertiary/aromatic N) is 1. The van der Waals surface area contributed by atoms with E-state index < -0.39 is 12.3 Å². The number of aliphatic hydroxyl groups excluding tert-OH is 2. The van der Waals surface area contributed by atoms with E-state index in [1.54, 1.807) is 42.3 Å². The number of aliphatic hydroxyl groups is 2. The highest BCUT2D eigenvalue weighted by atomic mass is 35.5. The van der Waals surface area contributed by atoms with E-state index in [4.69, 9.17) is 11.6 Å². The third kappa shape index (κ3) is 4.36. The Labute approximate surface area is 208 Å². The Morgan fingerprint density at radius 2 is 1.66 bits per heavy atom. The van der Waals surface area contributed by atoms with Crippen molar-refractivity contribution in [1.29, 1.82) is 0 Å². The number of likely N-dealkylation sites (N-methyl/N-ethyl adjacent to an activating group) is 1. The van der Waals surface area contributed by atoms with Gasteiger partial charge in [0.05, 0.1) is 11.6 Å². The van der Waals surface area contributed by atoms with Gasteiger partial charge in [-0.15, -0.1) is 0 Å². The number of hydrogen-bond donors (Lipinski definition) is 3. The molecule has 0 aliphatic carbocycles. The molecule has 176 valence electrons. The van der Waals surface area contributed by atoms with Crippen molar-refractivity contribution in [2.75, 3.05) is 17.3 Å². The Balaban J connectivity index is 1.53. The van der Waals surface area contributed by atoms with E-state index in [-0.39, 0.29) is 23.5 Å². The van der Waals surface area contributed by atoms with Crippen LogP contribution in [-0.2, 0) is 4.79 Å². The van der Waals surface area contributed by atoms with E-state index in [9.17, 15) is 15.0 Å². The smallest absolute Gasteiger partial charge is 0.169 e. The van der Waals surface area contributed by atoms with E-state index in [1.807, 2.05) is 60.7 Å². The van der Waals surface area contributed by atoms with Gasteiger partial charge in [-0.1, -0.05) is 72.3 Å². The summed E-state index contributed by atoms with van der Waals surface area (Å²) in [5.74, 6) is -0.528. The van der Waals surface area contributed by atoms with Crippen LogP contribution in [0.5, 0.6) is 0 Å². The van der Waals surface area contributed by atoms with Gasteiger partial charge >= 0.3 is 0 Å². The molecule has 35 heavy (non-hydrogen) atoms. The maximum absolute atomic E-state index is 13.6. The fourth-order valence-corrected chi connectivity index (χ4v) is 4.76. The third-order valence-electron chi connectivity index (χ3n) is 6.50. The predicted molar refractivity (Wildman–Crippen MR) is 142 cm³/mol. The van der Waals surface area contributed by atoms with Crippen molar-refractivity contribution in [2.45, 2.75) is 18.7 Å². The molecule has 0 saturated carbocycles. The van der Waals surface area contributed by atoms with Gasteiger partial charge < -0.3 is 20.4 Å². The Morgan fingerprint density at radius 1 is 0.971 bits per heavy atom. The summed E-state index contributed by atoms with van der Waals surface area (Å²) in [5.41, 5.74) is 2.94. The minimum Gasteiger partial charge on any atom is -0.507 e. The van der Waals surface area contributed by atoms with Crippen LogP contribution in [0.1, 0.15) is 23.6 Å². The molecule has 4 aromatic rings. The molecule has 4 aromatic carbocycles. The number of carbonyl (C=O) groups excluding carboxylic acids is 1. The number of benzene rings is 4. The first-order chi connectivity index (χ1) is 16.9. The van der Waals surface area contributed by atoms with E-state index in [0.29, 0.717) is 16.3 Å². The number of carbonyl (C=O) groups is 1. The molecule has 0 spiro atoms. The highest BCUT2D eigenvalue weighted by Gasteiger charge is 2.34. The molecule has 6 heteroatoms. The number of halogens is 1. The Kier molecular flexibility index (Phi) is 6.20. The van der Waals surface area contributed by atoms with Gasteiger partial charge in [-0.3, -0.25) is 4.79 Å². The van der Waals surface area contributed by atoms with Gasteiger partial charge in [0.15, 0.2) is 12.0 Å². The molecule has 0 amide bonds. The quantitative estimate of drug-likeness (QED) is 0.297. The molecular weight excluding hydrogens is 460 g/mol. The number of rotatable bonds is 6. The zero-order valence-electron chi connectivity index (χ0n) is 19.1. The summed E-state index contributed by atoms with van der Waals surface area (Å²) in [7, 11) is 1.70. The average Bonchev–Trinajstić information content (AvgIpc) is 2.88. The van der Waals surface area contributed by atoms with Crippen LogP contribution in [0.25, 0.3) is 16.5 Å². The van der Waals surface area contributed by atoms with Crippen molar-refractivity contribution in [3.05, 3.63) is 113 Å². The molecule has 5 nitrogen and oxygen atoms in total. The summed E-state index contributed by atoms with van der Waals surface area (Å²) in [5, 5.41) is 28.1. The fourth-order valence-electron chi connectivity index (χ4n) is 4.63. The van der Waals surface area contributed by atoms with Crippen LogP contribution < -0.4 is 10.2 Å². The molecule has 1 heterocycles. The second-order valence-corrected chi connectivity index (χ2v) is 9.10. The van der Waals surface area contributed by atoms with E-state index >= 15 is 0 Å². The van der Waals surface area contributed by atoms with Crippen molar-refractivity contribution in [3.8, 4) is 0 Å². The zero-order chi connectivity index (χ0) is 24.5. The summed E-state index contributed by atoms with van der Waals surface area (Å²) < 4.78 is 0. The second-order valence-electron chi connectivity index (χ2n) is 8.67. The lowest BCUT2D eigenvalue weighted by Crippen LogP contribution is -2.40. The fraction of sp³-hybridized carbons (Fsp3) is 0.138. The first-order valence-corrected chi connectivity index (χ1v) is 11.8. The molecule has 0 aromatic heterocycles. The summed E-state index contributed by atoms with van der Waals surface area (Å²) in [4.78, 5) is 15.2. The number of anilines is 2. The molecule has 5 rings (SSSR count). The molecule has 2 atom stereocenters. The normalized spacial score (nSPS) is 16.2. The lowest BCUT2D eigenvalue weighted by atomic mass is 9.91. The van der Waals surface area contributed by atoms with Gasteiger partial charge in [0.2, 0.25) is 0 Å². The molecule has 2 unspecified atom stereocenters. The standard InChI is InChI=1S/C29H25ClN2O3/c1-32-25-12-5-4-10-22(25)28(34)27(29(32)35)26(33)17-24(19-13-15-20(30)16-14-19)31-23-11-6-8-18-7-2-3-9-21(18)23/h2-16,24,29,31,34-35H,17H2,1H3. The Morgan fingerprint density at radius 3 is 2.46 bits per heavy atom. The van der Waals surface area contributed by atoms with Crippen LogP contribution in [0.3, 0.4) is 0 Å². The maximum atomic E-state index is 13.6. The molecule has 0 saturated heterocycles. The van der Waals surface area contributed by atoms with Crippen molar-refractivity contribution in [1.82, 2.24) is 0 Å². The Bertz CT molecular complexity index is 1430. The number of fused-ring (bicyclic) bond motifs is 2. The zero-order valence-corrected chi connectivity index (χ0v) is 19.9. The second kappa shape index (κ2) is 9.45. The van der Waals surface area contributed by atoms with Crippen LogP contribution in [0, 0.1) is 0 Å². The van der Waals surface area contributed by atoms with E-state index in [0.717, 1.165) is 22.0 Å². The van der Waals surface area contributed by atoms with Crippen molar-refractivity contribution < 1.29 is 15.0 Å². The monoisotopic (exact) mass is 484 g/mol. The lowest BCUT2D eigenvalue weighted by molar-refractivity contribution is -0.116.